The van der Waals surface area contributed by atoms with Crippen molar-refractivity contribution in [2.24, 2.45) is 0 Å². The van der Waals surface area contributed by atoms with Gasteiger partial charge >= 0.3 is 0 Å². The largest absolute Gasteiger partial charge is 0.376 e. The number of ether oxygens (including phenoxy) is 1. The number of nitriles is 1. The first-order valence-electron chi connectivity index (χ1n) is 10.3. The van der Waals surface area contributed by atoms with Crippen molar-refractivity contribution in [2.45, 2.75) is 32.8 Å². The summed E-state index contributed by atoms with van der Waals surface area (Å²) >= 11 is 0. The summed E-state index contributed by atoms with van der Waals surface area (Å²) in [6.45, 7) is 5.23. The van der Waals surface area contributed by atoms with E-state index in [1.807, 2.05) is 38.1 Å². The zero-order chi connectivity index (χ0) is 21.1. The maximum atomic E-state index is 12.5. The number of aryl methyl sites for hydroxylation is 1. The summed E-state index contributed by atoms with van der Waals surface area (Å²) in [5.74, 6) is -0.358. The second-order valence-corrected chi connectivity index (χ2v) is 7.68. The zero-order valence-corrected chi connectivity index (χ0v) is 17.3. The van der Waals surface area contributed by atoms with E-state index in [4.69, 9.17) is 4.74 Å². The third-order valence-corrected chi connectivity index (χ3v) is 5.66. The highest BCUT2D eigenvalue weighted by molar-refractivity contribution is 6.02. The minimum Gasteiger partial charge on any atom is -0.376 e. The SMILES string of the molecule is Cc1cc(/C=C(\C#N)C(=O)NC[C@@H]2CCCO2)c(C)n1-c1cccc2ccccc12. The average molecular weight is 399 g/mol. The van der Waals surface area contributed by atoms with Gasteiger partial charge in [0.15, 0.2) is 0 Å². The molecule has 3 aromatic rings. The van der Waals surface area contributed by atoms with Gasteiger partial charge in [-0.15, -0.1) is 0 Å². The van der Waals surface area contributed by atoms with Crippen LogP contribution in [-0.2, 0) is 9.53 Å². The topological polar surface area (TPSA) is 67.1 Å². The van der Waals surface area contributed by atoms with Gasteiger partial charge in [0.25, 0.3) is 5.91 Å². The van der Waals surface area contributed by atoms with Crippen molar-refractivity contribution in [3.63, 3.8) is 0 Å². The molecule has 0 saturated carbocycles. The van der Waals surface area contributed by atoms with Crippen LogP contribution in [0.4, 0.5) is 0 Å². The number of hydrogen-bond acceptors (Lipinski definition) is 3. The molecule has 1 aliphatic rings. The molecule has 2 heterocycles. The molecule has 1 amide bonds. The van der Waals surface area contributed by atoms with Gasteiger partial charge in [-0.05, 0) is 55.8 Å². The molecule has 1 aliphatic heterocycles. The fourth-order valence-electron chi connectivity index (χ4n) is 4.12. The van der Waals surface area contributed by atoms with E-state index >= 15 is 0 Å². The van der Waals surface area contributed by atoms with Crippen LogP contribution in [0.2, 0.25) is 0 Å². The highest BCUT2D eigenvalue weighted by Gasteiger charge is 2.18. The normalized spacial score (nSPS) is 16.6. The molecule has 4 rings (SSSR count). The minimum atomic E-state index is -0.358. The number of nitrogens with one attached hydrogen (secondary N) is 1. The van der Waals surface area contributed by atoms with Crippen LogP contribution in [0.3, 0.4) is 0 Å². The number of fused-ring (bicyclic) bond motifs is 1. The molecule has 1 aromatic heterocycles. The Kier molecular flexibility index (Phi) is 5.69. The maximum absolute atomic E-state index is 12.5. The van der Waals surface area contributed by atoms with E-state index in [0.29, 0.717) is 6.54 Å². The molecule has 0 unspecified atom stereocenters. The molecule has 2 aromatic carbocycles. The molecule has 1 fully saturated rings. The van der Waals surface area contributed by atoms with E-state index in [-0.39, 0.29) is 17.6 Å². The number of rotatable bonds is 5. The van der Waals surface area contributed by atoms with Gasteiger partial charge in [0.1, 0.15) is 11.6 Å². The van der Waals surface area contributed by atoms with Crippen molar-refractivity contribution >= 4 is 22.8 Å². The van der Waals surface area contributed by atoms with Gasteiger partial charge < -0.3 is 14.6 Å². The van der Waals surface area contributed by atoms with E-state index in [9.17, 15) is 10.1 Å². The molecule has 1 saturated heterocycles. The minimum absolute atomic E-state index is 0.0466. The lowest BCUT2D eigenvalue weighted by Crippen LogP contribution is -2.32. The van der Waals surface area contributed by atoms with Gasteiger partial charge in [0, 0.05) is 29.9 Å². The summed E-state index contributed by atoms with van der Waals surface area (Å²) < 4.78 is 7.71. The van der Waals surface area contributed by atoms with Crippen LogP contribution in [0.1, 0.15) is 29.8 Å². The molecule has 30 heavy (non-hydrogen) atoms. The van der Waals surface area contributed by atoms with E-state index in [1.165, 1.54) is 5.39 Å². The fourth-order valence-corrected chi connectivity index (χ4v) is 4.12. The summed E-state index contributed by atoms with van der Waals surface area (Å²) in [5.41, 5.74) is 4.09. The van der Waals surface area contributed by atoms with E-state index in [0.717, 1.165) is 47.5 Å². The fraction of sp³-hybridized carbons (Fsp3) is 0.280. The van der Waals surface area contributed by atoms with Crippen LogP contribution in [0.25, 0.3) is 22.5 Å². The van der Waals surface area contributed by atoms with Crippen LogP contribution in [0, 0.1) is 25.2 Å². The molecular weight excluding hydrogens is 374 g/mol. The lowest BCUT2D eigenvalue weighted by Gasteiger charge is -2.13. The molecule has 0 bridgehead atoms. The van der Waals surface area contributed by atoms with Gasteiger partial charge in [0.2, 0.25) is 0 Å². The quantitative estimate of drug-likeness (QED) is 0.509. The maximum Gasteiger partial charge on any atom is 0.262 e. The Hall–Kier alpha value is -3.36. The molecule has 0 radical (unpaired) electrons. The van der Waals surface area contributed by atoms with Crippen molar-refractivity contribution in [1.82, 2.24) is 9.88 Å². The number of carbonyl (C=O) groups is 1. The molecule has 0 aliphatic carbocycles. The summed E-state index contributed by atoms with van der Waals surface area (Å²) in [7, 11) is 0. The number of aromatic nitrogens is 1. The van der Waals surface area contributed by atoms with E-state index in [2.05, 4.69) is 40.2 Å². The monoisotopic (exact) mass is 399 g/mol. The number of amides is 1. The Labute approximate surface area is 176 Å². The highest BCUT2D eigenvalue weighted by atomic mass is 16.5. The first-order valence-corrected chi connectivity index (χ1v) is 10.3. The van der Waals surface area contributed by atoms with Gasteiger partial charge in [-0.3, -0.25) is 4.79 Å². The van der Waals surface area contributed by atoms with Crippen molar-refractivity contribution < 1.29 is 9.53 Å². The molecule has 1 atom stereocenters. The highest BCUT2D eigenvalue weighted by Crippen LogP contribution is 2.28. The Morgan fingerprint density at radius 2 is 2.07 bits per heavy atom. The van der Waals surface area contributed by atoms with Crippen LogP contribution in [0.15, 0.2) is 54.1 Å². The van der Waals surface area contributed by atoms with Gasteiger partial charge in [-0.25, -0.2) is 0 Å². The summed E-state index contributed by atoms with van der Waals surface area (Å²) in [4.78, 5) is 12.5. The van der Waals surface area contributed by atoms with Crippen LogP contribution in [0.5, 0.6) is 0 Å². The van der Waals surface area contributed by atoms with E-state index < -0.39 is 0 Å². The summed E-state index contributed by atoms with van der Waals surface area (Å²) in [5, 5.41) is 14.7. The van der Waals surface area contributed by atoms with Gasteiger partial charge in [-0.1, -0.05) is 36.4 Å². The smallest absolute Gasteiger partial charge is 0.262 e. The Morgan fingerprint density at radius 1 is 1.27 bits per heavy atom. The number of hydrogen-bond donors (Lipinski definition) is 1. The predicted octanol–water partition coefficient (Wildman–Crippen LogP) is 4.45. The first-order chi connectivity index (χ1) is 14.6. The Balaban J connectivity index is 1.65. The second-order valence-electron chi connectivity index (χ2n) is 7.68. The van der Waals surface area contributed by atoms with Crippen LogP contribution >= 0.6 is 0 Å². The van der Waals surface area contributed by atoms with Crippen LogP contribution < -0.4 is 5.32 Å². The van der Waals surface area contributed by atoms with Crippen molar-refractivity contribution in [3.8, 4) is 11.8 Å². The van der Waals surface area contributed by atoms with Crippen LogP contribution in [-0.4, -0.2) is 29.7 Å². The number of benzene rings is 2. The lowest BCUT2D eigenvalue weighted by molar-refractivity contribution is -0.117. The third kappa shape index (κ3) is 3.87. The summed E-state index contributed by atoms with van der Waals surface area (Å²) in [6, 6.07) is 18.6. The molecular formula is C25H25N3O2. The van der Waals surface area contributed by atoms with E-state index in [1.54, 1.807) is 6.08 Å². The standard InChI is InChI=1S/C25H25N3O2/c1-17-13-20(14-21(15-26)25(29)27-16-22-9-6-12-30-22)18(2)28(17)24-11-5-8-19-7-3-4-10-23(19)24/h3-5,7-8,10-11,13-14,22H,6,9,12,16H2,1-2H3,(H,27,29)/b21-14+/t22-/m0/s1. The van der Waals surface area contributed by atoms with Gasteiger partial charge in [0.05, 0.1) is 11.8 Å². The molecule has 1 N–H and O–H groups in total. The lowest BCUT2D eigenvalue weighted by atomic mass is 10.1. The molecule has 152 valence electrons. The Bertz CT molecular complexity index is 1160. The average Bonchev–Trinajstić information content (AvgIpc) is 3.37. The number of nitrogens with zero attached hydrogens (tertiary/aromatic N) is 2. The van der Waals surface area contributed by atoms with Crippen molar-refractivity contribution in [1.29, 1.82) is 5.26 Å². The van der Waals surface area contributed by atoms with Crippen molar-refractivity contribution in [3.05, 3.63) is 71.1 Å². The second kappa shape index (κ2) is 8.56. The number of carbonyl (C=O) groups excluding carboxylic acids is 1. The molecule has 5 nitrogen and oxygen atoms in total. The predicted molar refractivity (Wildman–Crippen MR) is 118 cm³/mol. The van der Waals surface area contributed by atoms with Gasteiger partial charge in [-0.2, -0.15) is 5.26 Å². The molecule has 5 heteroatoms. The summed E-state index contributed by atoms with van der Waals surface area (Å²) in [6.07, 6.45) is 3.68. The van der Waals surface area contributed by atoms with Crippen molar-refractivity contribution in [2.75, 3.05) is 13.2 Å². The third-order valence-electron chi connectivity index (χ3n) is 5.66. The molecule has 0 spiro atoms. The first kappa shape index (κ1) is 19.9. The zero-order valence-electron chi connectivity index (χ0n) is 17.3. The Morgan fingerprint density at radius 3 is 2.83 bits per heavy atom.